The van der Waals surface area contributed by atoms with Gasteiger partial charge in [-0.25, -0.2) is 0 Å². The van der Waals surface area contributed by atoms with E-state index in [9.17, 15) is 14.9 Å². The molecule has 0 atom stereocenters. The fourth-order valence-corrected chi connectivity index (χ4v) is 4.39. The number of hydrogen-bond donors (Lipinski definition) is 0. The Bertz CT molecular complexity index is 1260. The van der Waals surface area contributed by atoms with Crippen molar-refractivity contribution in [2.24, 2.45) is 0 Å². The van der Waals surface area contributed by atoms with Crippen LogP contribution in [0.2, 0.25) is 5.02 Å². The highest BCUT2D eigenvalue weighted by molar-refractivity contribution is 6.41. The minimum Gasteiger partial charge on any atom is -0.334 e. The van der Waals surface area contributed by atoms with Crippen LogP contribution in [0.5, 0.6) is 0 Å². The fraction of sp³-hybridized carbons (Fsp3) is 0.192. The predicted octanol–water partition coefficient (Wildman–Crippen LogP) is 7.00. The molecule has 0 saturated carbocycles. The fourth-order valence-electron chi connectivity index (χ4n) is 4.06. The molecule has 4 aromatic carbocycles. The molecule has 4 rings (SSSR count). The normalized spacial score (nSPS) is 11.1. The highest BCUT2D eigenvalue weighted by atomic mass is 35.5. The number of halogens is 1. The van der Waals surface area contributed by atoms with Gasteiger partial charge >= 0.3 is 0 Å². The van der Waals surface area contributed by atoms with E-state index in [-0.39, 0.29) is 11.6 Å². The van der Waals surface area contributed by atoms with Crippen LogP contribution in [-0.2, 0) is 6.54 Å². The first-order valence-corrected chi connectivity index (χ1v) is 11.0. The second-order valence-electron chi connectivity index (χ2n) is 7.77. The number of carbonyl (C=O) groups is 1. The van der Waals surface area contributed by atoms with E-state index in [1.165, 1.54) is 12.1 Å². The molecule has 0 bridgehead atoms. The highest BCUT2D eigenvalue weighted by Gasteiger charge is 2.21. The maximum absolute atomic E-state index is 13.4. The topological polar surface area (TPSA) is 63.5 Å². The number of non-ortho nitro benzene ring substituents is 1. The second kappa shape index (κ2) is 9.37. The molecule has 6 heteroatoms. The molecule has 0 heterocycles. The van der Waals surface area contributed by atoms with Crippen LogP contribution in [0.25, 0.3) is 21.5 Å². The lowest BCUT2D eigenvalue weighted by atomic mass is 9.96. The van der Waals surface area contributed by atoms with Crippen LogP contribution in [0.3, 0.4) is 0 Å². The lowest BCUT2D eigenvalue weighted by Crippen LogP contribution is -2.31. The number of unbranched alkanes of at least 4 members (excludes halogenated alkanes) is 1. The third-order valence-electron chi connectivity index (χ3n) is 5.70. The van der Waals surface area contributed by atoms with E-state index in [4.69, 9.17) is 11.6 Å². The summed E-state index contributed by atoms with van der Waals surface area (Å²) in [7, 11) is 0. The van der Waals surface area contributed by atoms with Crippen LogP contribution < -0.4 is 0 Å². The first kappa shape index (κ1) is 21.8. The van der Waals surface area contributed by atoms with Gasteiger partial charge in [0.15, 0.2) is 0 Å². The van der Waals surface area contributed by atoms with Crippen LogP contribution in [0.1, 0.15) is 35.7 Å². The molecule has 0 aliphatic rings. The summed E-state index contributed by atoms with van der Waals surface area (Å²) in [5, 5.41) is 15.8. The average Bonchev–Trinajstić information content (AvgIpc) is 2.83. The molecular weight excluding hydrogens is 424 g/mol. The van der Waals surface area contributed by atoms with Gasteiger partial charge in [0.25, 0.3) is 11.6 Å². The number of carbonyl (C=O) groups excluding carboxylic acids is 1. The van der Waals surface area contributed by atoms with E-state index >= 15 is 0 Å². The number of rotatable bonds is 7. The van der Waals surface area contributed by atoms with Crippen molar-refractivity contribution in [3.8, 4) is 0 Å². The summed E-state index contributed by atoms with van der Waals surface area (Å²) in [6, 6.07) is 21.8. The zero-order valence-electron chi connectivity index (χ0n) is 17.8. The van der Waals surface area contributed by atoms with Crippen LogP contribution in [0.15, 0.2) is 72.8 Å². The standard InChI is InChI=1S/C26H23ClN2O3/c1-2-3-15-28(26(30)18-9-8-10-19(16-18)29(31)32)17-24-20-11-4-6-13-22(20)25(27)23-14-7-5-12-21(23)24/h4-14,16H,2-3,15,17H2,1H3. The van der Waals surface area contributed by atoms with E-state index in [1.807, 2.05) is 48.5 Å². The third-order valence-corrected chi connectivity index (χ3v) is 6.11. The summed E-state index contributed by atoms with van der Waals surface area (Å²) < 4.78 is 0. The van der Waals surface area contributed by atoms with Crippen LogP contribution in [0, 0.1) is 10.1 Å². The quantitative estimate of drug-likeness (QED) is 0.174. The number of nitro groups is 1. The number of amides is 1. The largest absolute Gasteiger partial charge is 0.334 e. The molecule has 1 amide bonds. The molecule has 0 spiro atoms. The summed E-state index contributed by atoms with van der Waals surface area (Å²) >= 11 is 6.73. The Kier molecular flexibility index (Phi) is 6.37. The Labute approximate surface area is 191 Å². The van der Waals surface area contributed by atoms with Crippen molar-refractivity contribution in [3.63, 3.8) is 0 Å². The maximum Gasteiger partial charge on any atom is 0.270 e. The Morgan fingerprint density at radius 2 is 1.53 bits per heavy atom. The Morgan fingerprint density at radius 1 is 0.938 bits per heavy atom. The molecule has 0 saturated heterocycles. The molecule has 0 radical (unpaired) electrons. The van der Waals surface area contributed by atoms with Crippen molar-refractivity contribution in [1.82, 2.24) is 4.90 Å². The summed E-state index contributed by atoms with van der Waals surface area (Å²) in [6.07, 6.45) is 1.77. The Morgan fingerprint density at radius 3 is 2.09 bits per heavy atom. The Balaban J connectivity index is 1.83. The van der Waals surface area contributed by atoms with Crippen molar-refractivity contribution < 1.29 is 9.72 Å². The highest BCUT2D eigenvalue weighted by Crippen LogP contribution is 2.37. The smallest absolute Gasteiger partial charge is 0.270 e. The van der Waals surface area contributed by atoms with Gasteiger partial charge in [-0.15, -0.1) is 0 Å². The monoisotopic (exact) mass is 446 g/mol. The van der Waals surface area contributed by atoms with Gasteiger partial charge in [-0.1, -0.05) is 79.5 Å². The minimum absolute atomic E-state index is 0.0892. The van der Waals surface area contributed by atoms with Crippen molar-refractivity contribution in [1.29, 1.82) is 0 Å². The number of fused-ring (bicyclic) bond motifs is 2. The molecule has 0 aliphatic carbocycles. The zero-order chi connectivity index (χ0) is 22.7. The van der Waals surface area contributed by atoms with Gasteiger partial charge in [-0.05, 0) is 28.8 Å². The van der Waals surface area contributed by atoms with Crippen LogP contribution in [-0.4, -0.2) is 22.3 Å². The van der Waals surface area contributed by atoms with Gasteiger partial charge in [0, 0.05) is 41.6 Å². The van der Waals surface area contributed by atoms with E-state index in [1.54, 1.807) is 17.0 Å². The molecule has 0 aliphatic heterocycles. The van der Waals surface area contributed by atoms with Gasteiger partial charge in [0.05, 0.1) is 9.95 Å². The van der Waals surface area contributed by atoms with E-state index in [0.29, 0.717) is 23.7 Å². The molecule has 5 nitrogen and oxygen atoms in total. The van der Waals surface area contributed by atoms with E-state index < -0.39 is 4.92 Å². The van der Waals surface area contributed by atoms with E-state index in [0.717, 1.165) is 39.9 Å². The van der Waals surface area contributed by atoms with Gasteiger partial charge < -0.3 is 4.90 Å². The summed E-state index contributed by atoms with van der Waals surface area (Å²) in [5.74, 6) is -0.217. The lowest BCUT2D eigenvalue weighted by molar-refractivity contribution is -0.384. The molecule has 0 fully saturated rings. The number of nitro benzene ring substituents is 1. The summed E-state index contributed by atoms with van der Waals surface area (Å²) in [4.78, 5) is 26.0. The summed E-state index contributed by atoms with van der Waals surface area (Å²) in [5.41, 5.74) is 1.25. The lowest BCUT2D eigenvalue weighted by Gasteiger charge is -2.25. The zero-order valence-corrected chi connectivity index (χ0v) is 18.5. The maximum atomic E-state index is 13.4. The molecule has 162 valence electrons. The molecule has 0 N–H and O–H groups in total. The first-order chi connectivity index (χ1) is 15.5. The van der Waals surface area contributed by atoms with Crippen molar-refractivity contribution in [2.75, 3.05) is 6.54 Å². The van der Waals surface area contributed by atoms with Crippen molar-refractivity contribution in [3.05, 3.63) is 99.1 Å². The van der Waals surface area contributed by atoms with Crippen molar-refractivity contribution >= 4 is 44.7 Å². The van der Waals surface area contributed by atoms with Gasteiger partial charge in [-0.2, -0.15) is 0 Å². The van der Waals surface area contributed by atoms with Crippen LogP contribution in [0.4, 0.5) is 5.69 Å². The van der Waals surface area contributed by atoms with Gasteiger partial charge in [0.1, 0.15) is 0 Å². The molecular formula is C26H23ClN2O3. The second-order valence-corrected chi connectivity index (χ2v) is 8.15. The number of hydrogen-bond acceptors (Lipinski definition) is 3. The number of benzene rings is 4. The molecule has 32 heavy (non-hydrogen) atoms. The van der Waals surface area contributed by atoms with Gasteiger partial charge in [-0.3, -0.25) is 14.9 Å². The third kappa shape index (κ3) is 4.16. The SMILES string of the molecule is CCCCN(Cc1c2ccccc2c(Cl)c2ccccc12)C(=O)c1cccc([N+](=O)[O-])c1. The van der Waals surface area contributed by atoms with Crippen molar-refractivity contribution in [2.45, 2.75) is 26.3 Å². The average molecular weight is 447 g/mol. The Hall–Kier alpha value is -3.44. The van der Waals surface area contributed by atoms with Gasteiger partial charge in [0.2, 0.25) is 0 Å². The van der Waals surface area contributed by atoms with E-state index in [2.05, 4.69) is 6.92 Å². The molecule has 0 aromatic heterocycles. The first-order valence-electron chi connectivity index (χ1n) is 10.6. The predicted molar refractivity (Wildman–Crippen MR) is 129 cm³/mol. The molecule has 4 aromatic rings. The summed E-state index contributed by atoms with van der Waals surface area (Å²) in [6.45, 7) is 3.02. The molecule has 0 unspecified atom stereocenters. The van der Waals surface area contributed by atoms with Crippen LogP contribution >= 0.6 is 11.6 Å². The minimum atomic E-state index is -0.479. The number of nitrogens with zero attached hydrogens (tertiary/aromatic N) is 2.